The zero-order valence-corrected chi connectivity index (χ0v) is 23.4. The minimum absolute atomic E-state index is 0.0664. The molecule has 0 aromatic heterocycles. The summed E-state index contributed by atoms with van der Waals surface area (Å²) in [5, 5.41) is 12.5. The van der Waals surface area contributed by atoms with E-state index in [1.165, 1.54) is 0 Å². The second-order valence-electron chi connectivity index (χ2n) is 8.56. The van der Waals surface area contributed by atoms with Gasteiger partial charge in [-0.15, -0.1) is 0 Å². The molecule has 0 spiro atoms. The Kier molecular flexibility index (Phi) is 9.56. The summed E-state index contributed by atoms with van der Waals surface area (Å²) in [6, 6.07) is 28.8. The minimum atomic E-state index is -1.14. The summed E-state index contributed by atoms with van der Waals surface area (Å²) in [4.78, 5) is 24.8. The molecule has 0 saturated carbocycles. The first-order valence-electron chi connectivity index (χ1n) is 11.8. The third kappa shape index (κ3) is 7.94. The van der Waals surface area contributed by atoms with Gasteiger partial charge in [0.1, 0.15) is 19.3 Å². The third-order valence-electron chi connectivity index (χ3n) is 5.65. The van der Waals surface area contributed by atoms with Crippen LogP contribution in [0.3, 0.4) is 0 Å². The standard InChI is InChI=1S/C30H25Br2NO5/c31-24-15-23(16-25(32)17-24)29(34)33-26(30(35)36)13-22-11-12-27(37-18-20-7-3-1-4-8-20)28(14-22)38-19-21-9-5-2-6-10-21/h1-12,14-17,26H,13,18-19H2,(H,33,34)(H,35,36)/t26-/m1/s1. The average Bonchev–Trinajstić information content (AvgIpc) is 2.91. The molecule has 2 N–H and O–H groups in total. The van der Waals surface area contributed by atoms with E-state index in [2.05, 4.69) is 37.2 Å². The number of carboxylic acid groups (broad SMARTS) is 1. The third-order valence-corrected chi connectivity index (χ3v) is 6.57. The maximum Gasteiger partial charge on any atom is 0.326 e. The van der Waals surface area contributed by atoms with Crippen LogP contribution in [0.15, 0.2) is 106 Å². The summed E-state index contributed by atoms with van der Waals surface area (Å²) in [5.74, 6) is -0.580. The molecular weight excluding hydrogens is 614 g/mol. The van der Waals surface area contributed by atoms with E-state index in [1.54, 1.807) is 36.4 Å². The van der Waals surface area contributed by atoms with Crippen molar-refractivity contribution in [3.8, 4) is 11.5 Å². The van der Waals surface area contributed by atoms with Crippen molar-refractivity contribution in [3.05, 3.63) is 128 Å². The molecule has 4 aromatic carbocycles. The largest absolute Gasteiger partial charge is 0.485 e. The Morgan fingerprint density at radius 3 is 1.82 bits per heavy atom. The normalized spacial score (nSPS) is 11.4. The van der Waals surface area contributed by atoms with Crippen molar-refractivity contribution < 1.29 is 24.2 Å². The lowest BCUT2D eigenvalue weighted by atomic mass is 10.0. The van der Waals surface area contributed by atoms with Gasteiger partial charge >= 0.3 is 5.97 Å². The number of carbonyl (C=O) groups is 2. The summed E-state index contributed by atoms with van der Waals surface area (Å²) in [5.41, 5.74) is 3.03. The summed E-state index contributed by atoms with van der Waals surface area (Å²) >= 11 is 6.70. The van der Waals surface area contributed by atoms with Gasteiger partial charge in [0.15, 0.2) is 11.5 Å². The molecular formula is C30H25Br2NO5. The number of rotatable bonds is 11. The second-order valence-corrected chi connectivity index (χ2v) is 10.4. The first kappa shape index (κ1) is 27.4. The van der Waals surface area contributed by atoms with Crippen LogP contribution in [-0.4, -0.2) is 23.0 Å². The number of carbonyl (C=O) groups excluding carboxylic acids is 1. The number of aliphatic carboxylic acids is 1. The maximum atomic E-state index is 12.8. The lowest BCUT2D eigenvalue weighted by Gasteiger charge is -2.18. The van der Waals surface area contributed by atoms with Crippen molar-refractivity contribution in [2.75, 3.05) is 0 Å². The van der Waals surface area contributed by atoms with Gasteiger partial charge in [-0.2, -0.15) is 0 Å². The summed E-state index contributed by atoms with van der Waals surface area (Å²) < 4.78 is 13.6. The fourth-order valence-corrected chi connectivity index (χ4v) is 5.04. The molecule has 0 aliphatic rings. The molecule has 0 saturated heterocycles. The molecule has 8 heteroatoms. The molecule has 1 amide bonds. The highest BCUT2D eigenvalue weighted by Gasteiger charge is 2.22. The molecule has 0 aliphatic heterocycles. The summed E-state index contributed by atoms with van der Waals surface area (Å²) in [7, 11) is 0. The predicted molar refractivity (Wildman–Crippen MR) is 152 cm³/mol. The Hall–Kier alpha value is -3.62. The lowest BCUT2D eigenvalue weighted by molar-refractivity contribution is -0.139. The van der Waals surface area contributed by atoms with Crippen molar-refractivity contribution in [1.29, 1.82) is 0 Å². The van der Waals surface area contributed by atoms with Gasteiger partial charge < -0.3 is 19.9 Å². The molecule has 0 heterocycles. The van der Waals surface area contributed by atoms with E-state index in [0.29, 0.717) is 44.8 Å². The number of hydrogen-bond acceptors (Lipinski definition) is 4. The van der Waals surface area contributed by atoms with Gasteiger partial charge in [0, 0.05) is 20.9 Å². The van der Waals surface area contributed by atoms with Gasteiger partial charge in [0.05, 0.1) is 0 Å². The number of amides is 1. The van der Waals surface area contributed by atoms with E-state index < -0.39 is 17.9 Å². The highest BCUT2D eigenvalue weighted by atomic mass is 79.9. The van der Waals surface area contributed by atoms with Gasteiger partial charge in [-0.25, -0.2) is 4.79 Å². The number of halogens is 2. The molecule has 6 nitrogen and oxygen atoms in total. The van der Waals surface area contributed by atoms with Crippen LogP contribution in [0.1, 0.15) is 27.0 Å². The van der Waals surface area contributed by atoms with Crippen LogP contribution in [0.25, 0.3) is 0 Å². The van der Waals surface area contributed by atoms with Gasteiger partial charge in [-0.1, -0.05) is 98.6 Å². The molecule has 0 unspecified atom stereocenters. The highest BCUT2D eigenvalue weighted by Crippen LogP contribution is 2.31. The Morgan fingerprint density at radius 2 is 1.26 bits per heavy atom. The van der Waals surface area contributed by atoms with Crippen LogP contribution in [0.5, 0.6) is 11.5 Å². The second kappa shape index (κ2) is 13.3. The number of nitrogens with one attached hydrogen (secondary N) is 1. The zero-order valence-electron chi connectivity index (χ0n) is 20.3. The van der Waals surface area contributed by atoms with Crippen LogP contribution in [-0.2, 0) is 24.4 Å². The highest BCUT2D eigenvalue weighted by molar-refractivity contribution is 9.11. The molecule has 0 bridgehead atoms. The van der Waals surface area contributed by atoms with E-state index in [4.69, 9.17) is 9.47 Å². The SMILES string of the molecule is O=C(N[C@H](Cc1ccc(OCc2ccccc2)c(OCc2ccccc2)c1)C(=O)O)c1cc(Br)cc(Br)c1. The van der Waals surface area contributed by atoms with Crippen LogP contribution in [0, 0.1) is 0 Å². The van der Waals surface area contributed by atoms with Gasteiger partial charge in [-0.05, 0) is 47.0 Å². The number of benzene rings is 4. The van der Waals surface area contributed by atoms with Crippen molar-refractivity contribution in [2.45, 2.75) is 25.7 Å². The van der Waals surface area contributed by atoms with Gasteiger partial charge in [0.2, 0.25) is 0 Å². The first-order chi connectivity index (χ1) is 18.4. The van der Waals surface area contributed by atoms with Crippen molar-refractivity contribution in [3.63, 3.8) is 0 Å². The topological polar surface area (TPSA) is 84.9 Å². The van der Waals surface area contributed by atoms with Crippen LogP contribution < -0.4 is 14.8 Å². The van der Waals surface area contributed by atoms with Crippen LogP contribution in [0.2, 0.25) is 0 Å². The van der Waals surface area contributed by atoms with E-state index in [9.17, 15) is 14.7 Å². The van der Waals surface area contributed by atoms with Crippen molar-refractivity contribution in [1.82, 2.24) is 5.32 Å². The van der Waals surface area contributed by atoms with Gasteiger partial charge in [-0.3, -0.25) is 4.79 Å². The Balaban J connectivity index is 1.52. The summed E-state index contributed by atoms with van der Waals surface area (Å²) in [6.07, 6.45) is 0.0664. The Bertz CT molecular complexity index is 1380. The summed E-state index contributed by atoms with van der Waals surface area (Å²) in [6.45, 7) is 0.681. The quantitative estimate of drug-likeness (QED) is 0.189. The number of ether oxygens (including phenoxy) is 2. The van der Waals surface area contributed by atoms with Gasteiger partial charge in [0.25, 0.3) is 5.91 Å². The molecule has 0 aliphatic carbocycles. The molecule has 0 radical (unpaired) electrons. The fraction of sp³-hybridized carbons (Fsp3) is 0.133. The Labute approximate surface area is 237 Å². The monoisotopic (exact) mass is 637 g/mol. The molecule has 38 heavy (non-hydrogen) atoms. The van der Waals surface area contributed by atoms with Crippen LogP contribution >= 0.6 is 31.9 Å². The Morgan fingerprint density at radius 1 is 0.711 bits per heavy atom. The maximum absolute atomic E-state index is 12.8. The van der Waals surface area contributed by atoms with E-state index >= 15 is 0 Å². The predicted octanol–water partition coefficient (Wildman–Crippen LogP) is 6.80. The molecule has 4 aromatic rings. The van der Waals surface area contributed by atoms with Crippen molar-refractivity contribution >= 4 is 43.7 Å². The molecule has 0 fully saturated rings. The fourth-order valence-electron chi connectivity index (χ4n) is 3.74. The van der Waals surface area contributed by atoms with Crippen LogP contribution in [0.4, 0.5) is 0 Å². The van der Waals surface area contributed by atoms with E-state index in [-0.39, 0.29) is 6.42 Å². The zero-order chi connectivity index (χ0) is 26.9. The van der Waals surface area contributed by atoms with Crippen molar-refractivity contribution in [2.24, 2.45) is 0 Å². The average molecular weight is 639 g/mol. The minimum Gasteiger partial charge on any atom is -0.485 e. The smallest absolute Gasteiger partial charge is 0.326 e. The molecule has 194 valence electrons. The lowest BCUT2D eigenvalue weighted by Crippen LogP contribution is -2.42. The number of hydrogen-bond donors (Lipinski definition) is 2. The number of carboxylic acids is 1. The molecule has 4 rings (SSSR count). The first-order valence-corrected chi connectivity index (χ1v) is 13.4. The van der Waals surface area contributed by atoms with E-state index in [0.717, 1.165) is 11.1 Å². The molecule has 1 atom stereocenters. The van der Waals surface area contributed by atoms with E-state index in [1.807, 2.05) is 60.7 Å².